The molecule has 0 heterocycles. The number of hydrogen-bond acceptors (Lipinski definition) is 3. The van der Waals surface area contributed by atoms with E-state index < -0.39 is 0 Å². The Morgan fingerprint density at radius 2 is 1.25 bits per heavy atom. The molecule has 0 aromatic heterocycles. The first kappa shape index (κ1) is 19.6. The molecule has 0 atom stereocenters. The van der Waals surface area contributed by atoms with Gasteiger partial charge in [0.2, 0.25) is 0 Å². The topological polar surface area (TPSA) is 54.4 Å². The van der Waals surface area contributed by atoms with Crippen LogP contribution in [-0.4, -0.2) is 16.7 Å². The molecule has 1 N–H and O–H groups in total. The van der Waals surface area contributed by atoms with E-state index >= 15 is 0 Å². The van der Waals surface area contributed by atoms with Crippen LogP contribution in [0.25, 0.3) is 0 Å². The smallest absolute Gasteiger partial charge is 0.197 e. The molecule has 0 spiro atoms. The zero-order valence-electron chi connectivity index (χ0n) is 16.6. The van der Waals surface area contributed by atoms with Gasteiger partial charge in [-0.25, -0.2) is 0 Å². The number of ketones is 2. The summed E-state index contributed by atoms with van der Waals surface area (Å²) in [6, 6.07) is 19.3. The van der Waals surface area contributed by atoms with Crippen molar-refractivity contribution >= 4 is 11.6 Å². The highest BCUT2D eigenvalue weighted by Gasteiger charge is 2.31. The first-order chi connectivity index (χ1) is 13.2. The molecule has 3 aromatic carbocycles. The van der Waals surface area contributed by atoms with E-state index in [1.165, 1.54) is 0 Å². The number of carbonyl (C=O) groups excluding carboxylic acids is 2. The Labute approximate surface area is 165 Å². The molecule has 3 nitrogen and oxygen atoms in total. The van der Waals surface area contributed by atoms with Gasteiger partial charge in [0.25, 0.3) is 0 Å². The van der Waals surface area contributed by atoms with Gasteiger partial charge in [0.15, 0.2) is 11.6 Å². The van der Waals surface area contributed by atoms with Crippen LogP contribution >= 0.6 is 0 Å². The average molecular weight is 372 g/mol. The minimum absolute atomic E-state index is 0.149. The van der Waals surface area contributed by atoms with Crippen LogP contribution in [-0.2, 0) is 5.41 Å². The number of phenols is 1. The Balaban J connectivity index is 2.28. The van der Waals surface area contributed by atoms with Crippen LogP contribution in [0.15, 0.2) is 66.7 Å². The van der Waals surface area contributed by atoms with Crippen LogP contribution in [0.2, 0.25) is 0 Å². The normalized spacial score (nSPS) is 11.3. The van der Waals surface area contributed by atoms with Gasteiger partial charge in [-0.05, 0) is 29.5 Å². The van der Waals surface area contributed by atoms with Gasteiger partial charge in [-0.15, -0.1) is 0 Å². The molecule has 0 saturated heterocycles. The summed E-state index contributed by atoms with van der Waals surface area (Å²) in [4.78, 5) is 26.3. The van der Waals surface area contributed by atoms with Crippen molar-refractivity contribution < 1.29 is 14.7 Å². The average Bonchev–Trinajstić information content (AvgIpc) is 2.68. The Morgan fingerprint density at radius 1 is 0.786 bits per heavy atom. The number of benzene rings is 3. The summed E-state index contributed by atoms with van der Waals surface area (Å²) in [5.74, 6) is -0.837. The van der Waals surface area contributed by atoms with Gasteiger partial charge in [0.05, 0.1) is 11.1 Å². The van der Waals surface area contributed by atoms with Crippen molar-refractivity contribution in [2.24, 2.45) is 0 Å². The largest absolute Gasteiger partial charge is 0.506 e. The maximum atomic E-state index is 13.3. The van der Waals surface area contributed by atoms with Crippen LogP contribution in [0.5, 0.6) is 5.75 Å². The monoisotopic (exact) mass is 372 g/mol. The summed E-state index contributed by atoms with van der Waals surface area (Å²) >= 11 is 0. The fourth-order valence-electron chi connectivity index (χ4n) is 3.65. The van der Waals surface area contributed by atoms with E-state index in [4.69, 9.17) is 0 Å². The second-order valence-corrected chi connectivity index (χ2v) is 7.98. The van der Waals surface area contributed by atoms with Crippen molar-refractivity contribution in [1.29, 1.82) is 0 Å². The molecule has 0 aliphatic carbocycles. The van der Waals surface area contributed by atoms with Gasteiger partial charge in [-0.1, -0.05) is 81.4 Å². The molecular formula is C25H24O3. The molecule has 3 heteroatoms. The summed E-state index contributed by atoms with van der Waals surface area (Å²) in [7, 11) is 0. The Bertz CT molecular complexity index is 1030. The molecule has 0 aliphatic rings. The van der Waals surface area contributed by atoms with Crippen LogP contribution in [0, 0.1) is 6.92 Å². The highest BCUT2D eigenvalue weighted by molar-refractivity contribution is 6.17. The molecule has 3 aromatic rings. The van der Waals surface area contributed by atoms with Crippen LogP contribution in [0.3, 0.4) is 0 Å². The quantitative estimate of drug-likeness (QED) is 0.619. The van der Waals surface area contributed by atoms with Gasteiger partial charge >= 0.3 is 0 Å². The van der Waals surface area contributed by atoms with Gasteiger partial charge in [-0.3, -0.25) is 9.59 Å². The van der Waals surface area contributed by atoms with Crippen LogP contribution < -0.4 is 0 Å². The number of aromatic hydroxyl groups is 1. The highest BCUT2D eigenvalue weighted by Crippen LogP contribution is 2.38. The number of phenolic OH excluding ortho intramolecular Hbond substituents is 1. The molecule has 0 saturated carbocycles. The molecule has 3 rings (SSSR count). The van der Waals surface area contributed by atoms with Gasteiger partial charge in [0.1, 0.15) is 5.75 Å². The third-order valence-corrected chi connectivity index (χ3v) is 4.79. The lowest BCUT2D eigenvalue weighted by molar-refractivity contribution is 0.103. The second-order valence-electron chi connectivity index (χ2n) is 7.98. The molecular weight excluding hydrogens is 348 g/mol. The standard InChI is InChI=1S/C25H24O3/c1-16-15-19(22(26)17-11-7-5-8-12-17)24(28)20(21(16)25(2,3)4)23(27)18-13-9-6-10-14-18/h5-15,28H,1-4H3. The highest BCUT2D eigenvalue weighted by atomic mass is 16.3. The number of carbonyl (C=O) groups is 2. The van der Waals surface area contributed by atoms with Gasteiger partial charge < -0.3 is 5.11 Å². The van der Waals surface area contributed by atoms with Crippen molar-refractivity contribution in [3.05, 3.63) is 100 Å². The van der Waals surface area contributed by atoms with Gasteiger partial charge in [0, 0.05) is 11.1 Å². The van der Waals surface area contributed by atoms with Crippen molar-refractivity contribution in [3.8, 4) is 5.75 Å². The van der Waals surface area contributed by atoms with E-state index in [1.807, 2.05) is 39.8 Å². The van der Waals surface area contributed by atoms with Crippen molar-refractivity contribution in [2.45, 2.75) is 33.1 Å². The summed E-state index contributed by atoms with van der Waals surface area (Å²) in [5, 5.41) is 11.1. The molecule has 0 radical (unpaired) electrons. The van der Waals surface area contributed by atoms with E-state index in [2.05, 4.69) is 0 Å². The number of hydrogen-bond donors (Lipinski definition) is 1. The van der Waals surface area contributed by atoms with E-state index in [0.717, 1.165) is 11.1 Å². The zero-order valence-corrected chi connectivity index (χ0v) is 16.6. The molecule has 0 unspecified atom stereocenters. The molecule has 0 bridgehead atoms. The Kier molecular flexibility index (Phi) is 5.19. The summed E-state index contributed by atoms with van der Waals surface area (Å²) in [5.41, 5.74) is 2.49. The van der Waals surface area contributed by atoms with Crippen molar-refractivity contribution in [1.82, 2.24) is 0 Å². The first-order valence-corrected chi connectivity index (χ1v) is 9.28. The van der Waals surface area contributed by atoms with Crippen LogP contribution in [0.1, 0.15) is 63.7 Å². The van der Waals surface area contributed by atoms with E-state index in [9.17, 15) is 14.7 Å². The Morgan fingerprint density at radius 3 is 1.71 bits per heavy atom. The van der Waals surface area contributed by atoms with E-state index in [1.54, 1.807) is 54.6 Å². The fraction of sp³-hybridized carbons (Fsp3) is 0.200. The predicted octanol–water partition coefficient (Wildman–Crippen LogP) is 5.46. The molecule has 0 aliphatic heterocycles. The molecule has 0 fully saturated rings. The third-order valence-electron chi connectivity index (χ3n) is 4.79. The SMILES string of the molecule is Cc1cc(C(=O)c2ccccc2)c(O)c(C(=O)c2ccccc2)c1C(C)(C)C. The molecule has 0 amide bonds. The summed E-state index contributed by atoms with van der Waals surface area (Å²) in [6.45, 7) is 7.86. The zero-order chi connectivity index (χ0) is 20.5. The van der Waals surface area contributed by atoms with Crippen LogP contribution in [0.4, 0.5) is 0 Å². The fourth-order valence-corrected chi connectivity index (χ4v) is 3.65. The van der Waals surface area contributed by atoms with Crippen molar-refractivity contribution in [3.63, 3.8) is 0 Å². The van der Waals surface area contributed by atoms with E-state index in [0.29, 0.717) is 11.1 Å². The van der Waals surface area contributed by atoms with E-state index in [-0.39, 0.29) is 33.9 Å². The maximum Gasteiger partial charge on any atom is 0.197 e. The lowest BCUT2D eigenvalue weighted by Crippen LogP contribution is -2.21. The summed E-state index contributed by atoms with van der Waals surface area (Å²) < 4.78 is 0. The first-order valence-electron chi connectivity index (χ1n) is 9.28. The minimum atomic E-state index is -0.379. The maximum absolute atomic E-state index is 13.3. The second kappa shape index (κ2) is 7.43. The number of aryl methyl sites for hydroxylation is 1. The molecule has 142 valence electrons. The minimum Gasteiger partial charge on any atom is -0.506 e. The summed E-state index contributed by atoms with van der Waals surface area (Å²) in [6.07, 6.45) is 0. The van der Waals surface area contributed by atoms with Gasteiger partial charge in [-0.2, -0.15) is 0 Å². The molecule has 28 heavy (non-hydrogen) atoms. The lowest BCUT2D eigenvalue weighted by atomic mass is 9.77. The Hall–Kier alpha value is -3.20. The third kappa shape index (κ3) is 3.61. The lowest BCUT2D eigenvalue weighted by Gasteiger charge is -2.26. The number of rotatable bonds is 4. The van der Waals surface area contributed by atoms with Crippen molar-refractivity contribution in [2.75, 3.05) is 0 Å². The predicted molar refractivity (Wildman–Crippen MR) is 111 cm³/mol.